The predicted octanol–water partition coefficient (Wildman–Crippen LogP) is 4.48. The number of ether oxygens (including phenoxy) is 2. The molecule has 0 bridgehead atoms. The summed E-state index contributed by atoms with van der Waals surface area (Å²) in [6, 6.07) is 20.0. The van der Waals surface area contributed by atoms with Gasteiger partial charge in [-0.05, 0) is 49.7 Å². The van der Waals surface area contributed by atoms with E-state index in [9.17, 15) is 19.0 Å². The average molecular weight is 578 g/mol. The van der Waals surface area contributed by atoms with Crippen LogP contribution in [-0.2, 0) is 45.5 Å². The van der Waals surface area contributed by atoms with Crippen molar-refractivity contribution in [2.45, 2.75) is 57.5 Å². The molecular formula is C30H44NO8P. The number of rotatable bonds is 20. The Balaban J connectivity index is 1.79. The van der Waals surface area contributed by atoms with E-state index < -0.39 is 32.5 Å². The highest BCUT2D eigenvalue weighted by Gasteiger charge is 2.21. The number of hydrogen-bond donors (Lipinski definition) is 0. The summed E-state index contributed by atoms with van der Waals surface area (Å²) in [6.45, 7) is -0.388. The number of carbonyl (C=O) groups is 2. The molecule has 2 unspecified atom stereocenters. The van der Waals surface area contributed by atoms with E-state index in [-0.39, 0.29) is 26.1 Å². The molecule has 222 valence electrons. The van der Waals surface area contributed by atoms with E-state index >= 15 is 0 Å². The molecule has 0 spiro atoms. The first kappa shape index (κ1) is 33.7. The van der Waals surface area contributed by atoms with Crippen molar-refractivity contribution in [1.29, 1.82) is 0 Å². The highest BCUT2D eigenvalue weighted by atomic mass is 31.2. The Morgan fingerprint density at radius 3 is 1.82 bits per heavy atom. The number of benzene rings is 2. The molecule has 2 aromatic carbocycles. The summed E-state index contributed by atoms with van der Waals surface area (Å²) in [5.41, 5.74) is 2.39. The first-order valence-corrected chi connectivity index (χ1v) is 15.3. The van der Waals surface area contributed by atoms with Crippen LogP contribution in [0.15, 0.2) is 60.7 Å². The number of likely N-dealkylation sites (N-methyl/N-ethyl adjacent to an activating group) is 1. The number of phosphoric acid groups is 1. The Kier molecular flexibility index (Phi) is 15.1. The van der Waals surface area contributed by atoms with Gasteiger partial charge in [0.15, 0.2) is 6.10 Å². The molecule has 0 amide bonds. The lowest BCUT2D eigenvalue weighted by atomic mass is 10.1. The molecule has 0 saturated carbocycles. The van der Waals surface area contributed by atoms with Crippen molar-refractivity contribution in [2.24, 2.45) is 0 Å². The van der Waals surface area contributed by atoms with E-state index in [1.807, 2.05) is 81.8 Å². The molecule has 0 aliphatic rings. The maximum Gasteiger partial charge on any atom is 0.306 e. The van der Waals surface area contributed by atoms with Crippen molar-refractivity contribution in [3.63, 3.8) is 0 Å². The highest BCUT2D eigenvalue weighted by molar-refractivity contribution is 7.45. The van der Waals surface area contributed by atoms with Crippen LogP contribution in [0.2, 0.25) is 0 Å². The largest absolute Gasteiger partial charge is 0.756 e. The molecule has 0 N–H and O–H groups in total. The Morgan fingerprint density at radius 2 is 1.30 bits per heavy atom. The minimum atomic E-state index is -4.63. The van der Waals surface area contributed by atoms with Crippen LogP contribution in [0.5, 0.6) is 0 Å². The molecule has 10 heteroatoms. The van der Waals surface area contributed by atoms with Crippen LogP contribution < -0.4 is 4.89 Å². The van der Waals surface area contributed by atoms with Crippen molar-refractivity contribution in [2.75, 3.05) is 47.5 Å². The molecule has 40 heavy (non-hydrogen) atoms. The fourth-order valence-corrected chi connectivity index (χ4v) is 4.47. The number of quaternary nitrogens is 1. The van der Waals surface area contributed by atoms with Gasteiger partial charge < -0.3 is 27.9 Å². The number of carbonyl (C=O) groups excluding carboxylic acids is 2. The Labute approximate surface area is 238 Å². The zero-order valence-corrected chi connectivity index (χ0v) is 24.9. The standard InChI is InChI=1S/C30H44NO8P/c1-31(2,3)22-23-37-40(34,35)38-25-28(39-30(33)21-13-11-19-27-16-8-5-9-17-27)24-36-29(32)20-12-10-18-26-14-6-4-7-15-26/h4-9,14-17,28H,10-13,18-25H2,1-3H3. The summed E-state index contributed by atoms with van der Waals surface area (Å²) in [5.74, 6) is -0.950. The van der Waals surface area contributed by atoms with Crippen molar-refractivity contribution in [3.8, 4) is 0 Å². The van der Waals surface area contributed by atoms with Gasteiger partial charge in [-0.3, -0.25) is 14.2 Å². The monoisotopic (exact) mass is 577 g/mol. The number of aryl methyl sites for hydroxylation is 2. The second-order valence-electron chi connectivity index (χ2n) is 10.8. The summed E-state index contributed by atoms with van der Waals surface area (Å²) in [6.07, 6.45) is 3.88. The molecule has 0 radical (unpaired) electrons. The zero-order valence-electron chi connectivity index (χ0n) is 24.0. The fraction of sp³-hybridized carbons (Fsp3) is 0.533. The van der Waals surface area contributed by atoms with Crippen LogP contribution in [0.1, 0.15) is 49.7 Å². The van der Waals surface area contributed by atoms with Gasteiger partial charge >= 0.3 is 11.9 Å². The van der Waals surface area contributed by atoms with Gasteiger partial charge in [-0.2, -0.15) is 0 Å². The molecule has 2 atom stereocenters. The smallest absolute Gasteiger partial charge is 0.306 e. The topological polar surface area (TPSA) is 111 Å². The minimum absolute atomic E-state index is 0.0475. The third kappa shape index (κ3) is 16.5. The molecule has 0 saturated heterocycles. The van der Waals surface area contributed by atoms with Crippen LogP contribution in [0, 0.1) is 0 Å². The second-order valence-corrected chi connectivity index (χ2v) is 12.2. The third-order valence-electron chi connectivity index (χ3n) is 6.04. The van der Waals surface area contributed by atoms with E-state index in [0.717, 1.165) is 25.7 Å². The van der Waals surface area contributed by atoms with Gasteiger partial charge in [-0.25, -0.2) is 0 Å². The van der Waals surface area contributed by atoms with E-state index in [1.54, 1.807) is 0 Å². The number of esters is 2. The molecule has 0 aliphatic heterocycles. The summed E-state index contributed by atoms with van der Waals surface area (Å²) in [4.78, 5) is 37.0. The van der Waals surface area contributed by atoms with E-state index in [1.165, 1.54) is 11.1 Å². The lowest BCUT2D eigenvalue weighted by Gasteiger charge is -2.28. The van der Waals surface area contributed by atoms with E-state index in [0.29, 0.717) is 23.9 Å². The van der Waals surface area contributed by atoms with Crippen molar-refractivity contribution >= 4 is 19.8 Å². The molecule has 0 aromatic heterocycles. The molecule has 2 rings (SSSR count). The zero-order chi connectivity index (χ0) is 29.3. The Bertz CT molecular complexity index is 1040. The molecule has 0 heterocycles. The van der Waals surface area contributed by atoms with Crippen molar-refractivity contribution in [1.82, 2.24) is 0 Å². The van der Waals surface area contributed by atoms with Crippen LogP contribution in [0.4, 0.5) is 0 Å². The van der Waals surface area contributed by atoms with Crippen molar-refractivity contribution < 1.29 is 42.1 Å². The Morgan fingerprint density at radius 1 is 0.775 bits per heavy atom. The normalized spacial score (nSPS) is 13.8. The molecule has 2 aromatic rings. The number of nitrogens with zero attached hydrogens (tertiary/aromatic N) is 1. The highest BCUT2D eigenvalue weighted by Crippen LogP contribution is 2.38. The molecular weight excluding hydrogens is 533 g/mol. The molecule has 0 aliphatic carbocycles. The van der Waals surface area contributed by atoms with Crippen LogP contribution in [0.3, 0.4) is 0 Å². The first-order valence-electron chi connectivity index (χ1n) is 13.9. The fourth-order valence-electron chi connectivity index (χ4n) is 3.74. The third-order valence-corrected chi connectivity index (χ3v) is 7.00. The average Bonchev–Trinajstić information content (AvgIpc) is 2.91. The van der Waals surface area contributed by atoms with Gasteiger partial charge in [0, 0.05) is 12.8 Å². The SMILES string of the molecule is C[N+](C)(C)CCOP(=O)([O-])OCC(COC(=O)CCCCc1ccccc1)OC(=O)CCCCc1ccccc1. The number of hydrogen-bond acceptors (Lipinski definition) is 8. The molecule has 0 fully saturated rings. The van der Waals surface area contributed by atoms with Crippen molar-refractivity contribution in [3.05, 3.63) is 71.8 Å². The Hall–Kier alpha value is -2.55. The summed E-state index contributed by atoms with van der Waals surface area (Å²) >= 11 is 0. The van der Waals surface area contributed by atoms with Gasteiger partial charge in [0.2, 0.25) is 0 Å². The maximum atomic E-state index is 12.5. The van der Waals surface area contributed by atoms with Crippen LogP contribution in [-0.4, -0.2) is 70.0 Å². The van der Waals surface area contributed by atoms with Gasteiger partial charge in [0.05, 0.1) is 27.7 Å². The number of unbranched alkanes of at least 4 members (excludes halogenated alkanes) is 2. The summed E-state index contributed by atoms with van der Waals surface area (Å²) in [5, 5.41) is 0. The number of phosphoric ester groups is 1. The first-order chi connectivity index (χ1) is 19.0. The molecule has 9 nitrogen and oxygen atoms in total. The lowest BCUT2D eigenvalue weighted by Crippen LogP contribution is -2.37. The summed E-state index contributed by atoms with van der Waals surface area (Å²) < 4.78 is 33.4. The quantitative estimate of drug-likeness (QED) is 0.0981. The summed E-state index contributed by atoms with van der Waals surface area (Å²) in [7, 11) is 1.10. The van der Waals surface area contributed by atoms with Gasteiger partial charge in [-0.1, -0.05) is 60.7 Å². The maximum absolute atomic E-state index is 12.5. The van der Waals surface area contributed by atoms with E-state index in [2.05, 4.69) is 0 Å². The van der Waals surface area contributed by atoms with E-state index in [4.69, 9.17) is 18.5 Å². The van der Waals surface area contributed by atoms with Crippen LogP contribution in [0.25, 0.3) is 0 Å². The second kappa shape index (κ2) is 18.0. The minimum Gasteiger partial charge on any atom is -0.756 e. The van der Waals surface area contributed by atoms with Gasteiger partial charge in [-0.15, -0.1) is 0 Å². The van der Waals surface area contributed by atoms with Gasteiger partial charge in [0.25, 0.3) is 7.82 Å². The van der Waals surface area contributed by atoms with Crippen LogP contribution >= 0.6 is 7.82 Å². The predicted molar refractivity (Wildman–Crippen MR) is 151 cm³/mol. The lowest BCUT2D eigenvalue weighted by molar-refractivity contribution is -0.870. The van der Waals surface area contributed by atoms with Gasteiger partial charge in [0.1, 0.15) is 19.8 Å².